The number of nitrogens with one attached hydrogen (secondary N) is 1. The minimum absolute atomic E-state index is 0.630. The van der Waals surface area contributed by atoms with Crippen molar-refractivity contribution in [2.24, 2.45) is 0 Å². The van der Waals surface area contributed by atoms with Crippen LogP contribution in [0.2, 0.25) is 0 Å². The third-order valence-electron chi connectivity index (χ3n) is 1.67. The maximum Gasteiger partial charge on any atom is 0.107 e. The van der Waals surface area contributed by atoms with Gasteiger partial charge in [-0.15, -0.1) is 11.3 Å². The molecule has 0 saturated carbocycles. The molecule has 1 heterocycles. The molecule has 0 aromatic carbocycles. The molecule has 0 bridgehead atoms. The highest BCUT2D eigenvalue weighted by Gasteiger charge is 2.02. The standard InChI is InChI=1S/C9H13ClN2S/c1-6(10)4-11-5-9-12-7(2)8(3)13-9/h11H,1,4-5H2,2-3H3. The zero-order chi connectivity index (χ0) is 9.84. The average Bonchev–Trinajstić information content (AvgIpc) is 2.30. The molecule has 1 N–H and O–H groups in total. The van der Waals surface area contributed by atoms with E-state index in [1.54, 1.807) is 11.3 Å². The molecule has 0 aliphatic rings. The number of aromatic nitrogens is 1. The Morgan fingerprint density at radius 1 is 1.62 bits per heavy atom. The van der Waals surface area contributed by atoms with Gasteiger partial charge in [-0.3, -0.25) is 0 Å². The summed E-state index contributed by atoms with van der Waals surface area (Å²) in [5, 5.41) is 4.89. The Kier molecular flexibility index (Phi) is 3.90. The molecule has 0 atom stereocenters. The predicted octanol–water partition coefficient (Wildman–Crippen LogP) is 2.60. The number of halogens is 1. The van der Waals surface area contributed by atoms with Crippen LogP contribution >= 0.6 is 22.9 Å². The molecule has 2 nitrogen and oxygen atoms in total. The van der Waals surface area contributed by atoms with E-state index in [0.29, 0.717) is 11.6 Å². The van der Waals surface area contributed by atoms with Gasteiger partial charge in [0.2, 0.25) is 0 Å². The Morgan fingerprint density at radius 3 is 2.77 bits per heavy atom. The van der Waals surface area contributed by atoms with Gasteiger partial charge in [-0.1, -0.05) is 18.2 Å². The van der Waals surface area contributed by atoms with Crippen LogP contribution in [0.4, 0.5) is 0 Å². The van der Waals surface area contributed by atoms with Crippen molar-refractivity contribution in [2.75, 3.05) is 6.54 Å². The van der Waals surface area contributed by atoms with Crippen molar-refractivity contribution in [3.63, 3.8) is 0 Å². The van der Waals surface area contributed by atoms with Gasteiger partial charge in [0.25, 0.3) is 0 Å². The maximum absolute atomic E-state index is 5.61. The molecular weight excluding hydrogens is 204 g/mol. The number of nitrogens with zero attached hydrogens (tertiary/aromatic N) is 1. The minimum Gasteiger partial charge on any atom is -0.305 e. The van der Waals surface area contributed by atoms with E-state index in [-0.39, 0.29) is 0 Å². The third-order valence-corrected chi connectivity index (χ3v) is 2.87. The van der Waals surface area contributed by atoms with Crippen LogP contribution < -0.4 is 5.32 Å². The Balaban J connectivity index is 2.41. The lowest BCUT2D eigenvalue weighted by molar-refractivity contribution is 0.748. The summed E-state index contributed by atoms with van der Waals surface area (Å²) in [7, 11) is 0. The molecule has 1 aromatic rings. The Hall–Kier alpha value is -0.380. The molecule has 1 rings (SSSR count). The lowest BCUT2D eigenvalue weighted by atomic mass is 10.4. The van der Waals surface area contributed by atoms with Crippen molar-refractivity contribution < 1.29 is 0 Å². The molecule has 72 valence electrons. The van der Waals surface area contributed by atoms with Crippen molar-refractivity contribution >= 4 is 22.9 Å². The number of hydrogen-bond acceptors (Lipinski definition) is 3. The van der Waals surface area contributed by atoms with Gasteiger partial charge in [0.15, 0.2) is 0 Å². The summed E-state index contributed by atoms with van der Waals surface area (Å²) in [4.78, 5) is 5.67. The summed E-state index contributed by atoms with van der Waals surface area (Å²) in [6, 6.07) is 0. The molecule has 0 aliphatic carbocycles. The fraction of sp³-hybridized carbons (Fsp3) is 0.444. The molecule has 0 fully saturated rings. The first-order valence-electron chi connectivity index (χ1n) is 4.06. The Morgan fingerprint density at radius 2 is 2.31 bits per heavy atom. The molecule has 0 spiro atoms. The highest BCUT2D eigenvalue weighted by atomic mass is 35.5. The van der Waals surface area contributed by atoms with E-state index in [4.69, 9.17) is 11.6 Å². The summed E-state index contributed by atoms with van der Waals surface area (Å²) < 4.78 is 0. The van der Waals surface area contributed by atoms with E-state index in [1.807, 2.05) is 6.92 Å². The zero-order valence-corrected chi connectivity index (χ0v) is 9.43. The van der Waals surface area contributed by atoms with Crippen LogP contribution in [-0.4, -0.2) is 11.5 Å². The van der Waals surface area contributed by atoms with Crippen molar-refractivity contribution in [1.29, 1.82) is 0 Å². The van der Waals surface area contributed by atoms with Gasteiger partial charge >= 0.3 is 0 Å². The summed E-state index contributed by atoms with van der Waals surface area (Å²) >= 11 is 7.33. The number of thiazole rings is 1. The fourth-order valence-corrected chi connectivity index (χ4v) is 1.92. The SMILES string of the molecule is C=C(Cl)CNCc1nc(C)c(C)s1. The van der Waals surface area contributed by atoms with Gasteiger partial charge in [-0.2, -0.15) is 0 Å². The van der Waals surface area contributed by atoms with E-state index in [9.17, 15) is 0 Å². The molecule has 1 aromatic heterocycles. The summed E-state index contributed by atoms with van der Waals surface area (Å²) in [6.07, 6.45) is 0. The highest BCUT2D eigenvalue weighted by Crippen LogP contribution is 2.15. The van der Waals surface area contributed by atoms with Gasteiger partial charge in [0.05, 0.1) is 5.69 Å². The third kappa shape index (κ3) is 3.46. The quantitative estimate of drug-likeness (QED) is 0.837. The molecular formula is C9H13ClN2S. The number of rotatable bonds is 4. The van der Waals surface area contributed by atoms with Gasteiger partial charge in [0, 0.05) is 23.0 Å². The van der Waals surface area contributed by atoms with Crippen LogP contribution in [0.15, 0.2) is 11.6 Å². The molecule has 0 amide bonds. The lowest BCUT2D eigenvalue weighted by Crippen LogP contribution is -2.14. The van der Waals surface area contributed by atoms with Gasteiger partial charge in [-0.05, 0) is 13.8 Å². The Labute approximate surface area is 87.6 Å². The lowest BCUT2D eigenvalue weighted by Gasteiger charge is -1.98. The predicted molar refractivity (Wildman–Crippen MR) is 58.3 cm³/mol. The van der Waals surface area contributed by atoms with Crippen molar-refractivity contribution in [1.82, 2.24) is 10.3 Å². The van der Waals surface area contributed by atoms with E-state index in [2.05, 4.69) is 23.8 Å². The maximum atomic E-state index is 5.61. The van der Waals surface area contributed by atoms with Crippen LogP contribution in [0.25, 0.3) is 0 Å². The van der Waals surface area contributed by atoms with Crippen LogP contribution in [-0.2, 0) is 6.54 Å². The smallest absolute Gasteiger partial charge is 0.107 e. The molecule has 0 aliphatic heterocycles. The molecule has 4 heteroatoms. The second-order valence-electron chi connectivity index (χ2n) is 2.87. The van der Waals surface area contributed by atoms with Crippen LogP contribution in [0.3, 0.4) is 0 Å². The van der Waals surface area contributed by atoms with E-state index in [0.717, 1.165) is 17.2 Å². The van der Waals surface area contributed by atoms with Crippen LogP contribution in [0.5, 0.6) is 0 Å². The molecule has 0 saturated heterocycles. The highest BCUT2D eigenvalue weighted by molar-refractivity contribution is 7.11. The zero-order valence-electron chi connectivity index (χ0n) is 7.85. The van der Waals surface area contributed by atoms with E-state index < -0.39 is 0 Å². The van der Waals surface area contributed by atoms with Crippen molar-refractivity contribution in [3.05, 3.63) is 27.2 Å². The van der Waals surface area contributed by atoms with Gasteiger partial charge in [-0.25, -0.2) is 4.98 Å². The van der Waals surface area contributed by atoms with Crippen LogP contribution in [0, 0.1) is 13.8 Å². The second-order valence-corrected chi connectivity index (χ2v) is 4.69. The van der Waals surface area contributed by atoms with Crippen molar-refractivity contribution in [3.8, 4) is 0 Å². The largest absolute Gasteiger partial charge is 0.305 e. The second kappa shape index (κ2) is 4.74. The summed E-state index contributed by atoms with van der Waals surface area (Å²) in [6.45, 7) is 9.11. The van der Waals surface area contributed by atoms with E-state index in [1.165, 1.54) is 4.88 Å². The molecule has 0 unspecified atom stereocenters. The van der Waals surface area contributed by atoms with Gasteiger partial charge < -0.3 is 5.32 Å². The normalized spacial score (nSPS) is 10.4. The summed E-state index contributed by atoms with van der Waals surface area (Å²) in [5.41, 5.74) is 1.12. The Bertz CT molecular complexity index is 287. The minimum atomic E-state index is 0.630. The molecule has 13 heavy (non-hydrogen) atoms. The van der Waals surface area contributed by atoms with Crippen LogP contribution in [0.1, 0.15) is 15.6 Å². The van der Waals surface area contributed by atoms with E-state index >= 15 is 0 Å². The van der Waals surface area contributed by atoms with Crippen molar-refractivity contribution in [2.45, 2.75) is 20.4 Å². The monoisotopic (exact) mass is 216 g/mol. The first-order valence-corrected chi connectivity index (χ1v) is 5.26. The topological polar surface area (TPSA) is 24.9 Å². The number of aryl methyl sites for hydroxylation is 2. The first kappa shape index (κ1) is 10.7. The average molecular weight is 217 g/mol. The first-order chi connectivity index (χ1) is 6.09. The number of hydrogen-bond donors (Lipinski definition) is 1. The summed E-state index contributed by atoms with van der Waals surface area (Å²) in [5.74, 6) is 0. The molecule has 0 radical (unpaired) electrons. The fourth-order valence-electron chi connectivity index (χ4n) is 0.920. The van der Waals surface area contributed by atoms with Gasteiger partial charge in [0.1, 0.15) is 5.01 Å².